The number of hydrazine groups is 1. The number of hydrazone groups is 1. The lowest BCUT2D eigenvalue weighted by atomic mass is 9.71. The molecule has 0 saturated carbocycles. The molecular formula is C21H25BN4O3. The van der Waals surface area contributed by atoms with E-state index in [1.165, 1.54) is 5.01 Å². The first-order valence-electron chi connectivity index (χ1n) is 9.41. The molecule has 29 heavy (non-hydrogen) atoms. The Balaban J connectivity index is 1.89. The number of benzene rings is 2. The summed E-state index contributed by atoms with van der Waals surface area (Å²) in [4.78, 5) is 26.1. The highest BCUT2D eigenvalue weighted by Gasteiger charge is 2.30. The van der Waals surface area contributed by atoms with Crippen LogP contribution in [0, 0.1) is 13.8 Å². The van der Waals surface area contributed by atoms with Crippen LogP contribution in [0.1, 0.15) is 58.2 Å². The molecule has 0 aromatic heterocycles. The molecule has 1 aliphatic rings. The van der Waals surface area contributed by atoms with E-state index in [0.29, 0.717) is 16.6 Å². The van der Waals surface area contributed by atoms with Gasteiger partial charge in [-0.05, 0) is 69.9 Å². The molecule has 2 amide bonds. The Morgan fingerprint density at radius 2 is 1.72 bits per heavy atom. The van der Waals surface area contributed by atoms with Gasteiger partial charge in [0.15, 0.2) is 0 Å². The number of rotatable bonds is 2. The zero-order valence-electron chi connectivity index (χ0n) is 17.3. The number of aryl methyl sites for hydroxylation is 2. The van der Waals surface area contributed by atoms with Gasteiger partial charge in [-0.3, -0.25) is 15.0 Å². The van der Waals surface area contributed by atoms with Crippen molar-refractivity contribution in [2.24, 2.45) is 5.10 Å². The van der Waals surface area contributed by atoms with Crippen LogP contribution in [0.3, 0.4) is 0 Å². The molecule has 0 atom stereocenters. The second kappa shape index (κ2) is 7.71. The number of amides is 2. The number of carbonyl (C=O) groups excluding carboxylic acids is 2. The van der Waals surface area contributed by atoms with Gasteiger partial charge in [0.05, 0.1) is 11.8 Å². The topological polar surface area (TPSA) is 94.0 Å². The molecule has 1 aliphatic heterocycles. The summed E-state index contributed by atoms with van der Waals surface area (Å²) >= 11 is 0. The number of nitrogens with zero attached hydrogens (tertiary/aromatic N) is 2. The van der Waals surface area contributed by atoms with E-state index in [1.54, 1.807) is 36.5 Å². The van der Waals surface area contributed by atoms with E-state index in [4.69, 9.17) is 0 Å². The smallest absolute Gasteiger partial charge is 0.428 e. The monoisotopic (exact) mass is 392 g/mol. The Labute approximate surface area is 170 Å². The van der Waals surface area contributed by atoms with Gasteiger partial charge in [-0.15, -0.1) is 0 Å². The van der Waals surface area contributed by atoms with Crippen molar-refractivity contribution in [2.45, 2.75) is 40.2 Å². The van der Waals surface area contributed by atoms with Crippen LogP contribution in [-0.4, -0.2) is 40.7 Å². The zero-order chi connectivity index (χ0) is 21.3. The van der Waals surface area contributed by atoms with E-state index < -0.39 is 18.5 Å². The molecule has 2 aromatic rings. The maximum atomic E-state index is 13.2. The fourth-order valence-electron chi connectivity index (χ4n) is 3.23. The van der Waals surface area contributed by atoms with Gasteiger partial charge in [-0.2, -0.15) is 5.10 Å². The minimum absolute atomic E-state index is 0.288. The second-order valence-electron chi connectivity index (χ2n) is 8.26. The predicted octanol–water partition coefficient (Wildman–Crippen LogP) is 1.51. The first-order valence-corrected chi connectivity index (χ1v) is 9.41. The molecule has 0 unspecified atom stereocenters. The number of hydrogen-bond donors (Lipinski definition) is 3. The standard InChI is InChI=1S/C21H25BN4O3/c1-13-8-14(2)10-17(9-13)20(28)26(21(3,4)5)24-19(27)15-6-7-16-12-23-25-22(29)18(16)11-15/h6-12,25,29H,1-5H3,(H,24,27). The van der Waals surface area contributed by atoms with Gasteiger partial charge in [0.25, 0.3) is 11.8 Å². The Morgan fingerprint density at radius 3 is 2.34 bits per heavy atom. The summed E-state index contributed by atoms with van der Waals surface area (Å²) in [5.41, 5.74) is 6.18. The van der Waals surface area contributed by atoms with Gasteiger partial charge in [-0.25, -0.2) is 5.01 Å². The van der Waals surface area contributed by atoms with Crippen molar-refractivity contribution < 1.29 is 14.6 Å². The van der Waals surface area contributed by atoms with Crippen LogP contribution >= 0.6 is 0 Å². The van der Waals surface area contributed by atoms with Gasteiger partial charge >= 0.3 is 7.05 Å². The third kappa shape index (κ3) is 4.48. The number of hydrogen-bond acceptors (Lipinski definition) is 5. The molecule has 7 nitrogen and oxygen atoms in total. The van der Waals surface area contributed by atoms with Crippen molar-refractivity contribution >= 4 is 30.5 Å². The number of fused-ring (bicyclic) bond motifs is 1. The van der Waals surface area contributed by atoms with E-state index in [2.05, 4.69) is 15.9 Å². The molecule has 0 radical (unpaired) electrons. The maximum absolute atomic E-state index is 13.2. The van der Waals surface area contributed by atoms with Gasteiger partial charge in [-0.1, -0.05) is 23.3 Å². The quantitative estimate of drug-likeness (QED) is 0.534. The summed E-state index contributed by atoms with van der Waals surface area (Å²) in [7, 11) is -0.988. The minimum Gasteiger partial charge on any atom is -0.428 e. The Morgan fingerprint density at radius 1 is 1.07 bits per heavy atom. The van der Waals surface area contributed by atoms with Gasteiger partial charge in [0, 0.05) is 11.1 Å². The normalized spacial score (nSPS) is 12.8. The van der Waals surface area contributed by atoms with Crippen LogP contribution < -0.4 is 16.2 Å². The molecule has 3 N–H and O–H groups in total. The lowest BCUT2D eigenvalue weighted by Gasteiger charge is -2.35. The van der Waals surface area contributed by atoms with E-state index in [-0.39, 0.29) is 5.91 Å². The SMILES string of the molecule is Cc1cc(C)cc(C(=O)N(NC(=O)c2ccc3c(c2)B(O)NN=C3)C(C)(C)C)c1. The highest BCUT2D eigenvalue weighted by molar-refractivity contribution is 6.65. The van der Waals surface area contributed by atoms with Crippen LogP contribution in [-0.2, 0) is 0 Å². The summed E-state index contributed by atoms with van der Waals surface area (Å²) < 4.78 is 0. The van der Waals surface area contributed by atoms with Gasteiger partial charge < -0.3 is 10.4 Å². The molecule has 0 saturated heterocycles. The van der Waals surface area contributed by atoms with Crippen molar-refractivity contribution in [1.29, 1.82) is 0 Å². The van der Waals surface area contributed by atoms with Crippen LogP contribution in [0.25, 0.3) is 0 Å². The average Bonchev–Trinajstić information content (AvgIpc) is 2.63. The molecule has 0 fully saturated rings. The Hall–Kier alpha value is -3.13. The summed E-state index contributed by atoms with van der Waals surface area (Å²) in [6, 6.07) is 10.6. The lowest BCUT2D eigenvalue weighted by Crippen LogP contribution is -2.56. The molecule has 150 valence electrons. The molecule has 8 heteroatoms. The van der Waals surface area contributed by atoms with Crippen LogP contribution in [0.5, 0.6) is 0 Å². The van der Waals surface area contributed by atoms with Gasteiger partial charge in [0.2, 0.25) is 0 Å². The average molecular weight is 392 g/mol. The lowest BCUT2D eigenvalue weighted by molar-refractivity contribution is 0.0358. The predicted molar refractivity (Wildman–Crippen MR) is 114 cm³/mol. The third-order valence-electron chi connectivity index (χ3n) is 4.60. The van der Waals surface area contributed by atoms with Crippen molar-refractivity contribution in [3.8, 4) is 0 Å². The first-order chi connectivity index (χ1) is 13.6. The van der Waals surface area contributed by atoms with E-state index in [0.717, 1.165) is 16.7 Å². The molecular weight excluding hydrogens is 367 g/mol. The first kappa shape index (κ1) is 20.6. The number of carbonyl (C=O) groups is 2. The van der Waals surface area contributed by atoms with Crippen LogP contribution in [0.2, 0.25) is 0 Å². The summed E-state index contributed by atoms with van der Waals surface area (Å²) in [5, 5.41) is 17.8. The highest BCUT2D eigenvalue weighted by atomic mass is 16.2. The van der Waals surface area contributed by atoms with Gasteiger partial charge in [0.1, 0.15) is 0 Å². The van der Waals surface area contributed by atoms with E-state index >= 15 is 0 Å². The van der Waals surface area contributed by atoms with Crippen molar-refractivity contribution in [3.63, 3.8) is 0 Å². The van der Waals surface area contributed by atoms with Crippen molar-refractivity contribution in [1.82, 2.24) is 15.8 Å². The highest BCUT2D eigenvalue weighted by Crippen LogP contribution is 2.18. The second-order valence-corrected chi connectivity index (χ2v) is 8.26. The number of nitrogens with one attached hydrogen (secondary N) is 2. The largest absolute Gasteiger partial charge is 0.464 e. The Bertz CT molecular complexity index is 978. The zero-order valence-corrected chi connectivity index (χ0v) is 17.3. The molecule has 2 aromatic carbocycles. The summed E-state index contributed by atoms with van der Waals surface area (Å²) in [5.74, 6) is -0.723. The molecule has 0 spiro atoms. The van der Waals surface area contributed by atoms with Crippen molar-refractivity contribution in [2.75, 3.05) is 0 Å². The van der Waals surface area contributed by atoms with E-state index in [1.807, 2.05) is 40.7 Å². The third-order valence-corrected chi connectivity index (χ3v) is 4.60. The summed E-state index contributed by atoms with van der Waals surface area (Å²) in [6.07, 6.45) is 1.58. The molecule has 0 aliphatic carbocycles. The fraction of sp³-hybridized carbons (Fsp3) is 0.286. The van der Waals surface area contributed by atoms with Crippen molar-refractivity contribution in [3.05, 3.63) is 64.2 Å². The van der Waals surface area contributed by atoms with Crippen LogP contribution in [0.4, 0.5) is 0 Å². The fourth-order valence-corrected chi connectivity index (χ4v) is 3.23. The molecule has 3 rings (SSSR count). The van der Waals surface area contributed by atoms with Crippen LogP contribution in [0.15, 0.2) is 41.5 Å². The summed E-state index contributed by atoms with van der Waals surface area (Å²) in [6.45, 7) is 9.42. The molecule has 1 heterocycles. The molecule has 0 bridgehead atoms. The maximum Gasteiger partial charge on any atom is 0.464 e. The van der Waals surface area contributed by atoms with E-state index in [9.17, 15) is 14.6 Å². The minimum atomic E-state index is -0.988. The Kier molecular flexibility index (Phi) is 5.48.